The maximum Gasteiger partial charge on any atom is 0.293 e. The molecule has 1 aromatic rings. The highest BCUT2D eigenvalue weighted by molar-refractivity contribution is 9.10. The molecule has 2 rings (SSSR count). The molecule has 0 aromatic heterocycles. The Bertz CT molecular complexity index is 534. The number of rotatable bonds is 4. The first-order valence-electron chi connectivity index (χ1n) is 6.90. The molecule has 1 unspecified atom stereocenters. The lowest BCUT2D eigenvalue weighted by Crippen LogP contribution is -2.34. The first-order chi connectivity index (χ1) is 9.43. The Hall–Kier alpha value is -1.14. The average Bonchev–Trinajstić information content (AvgIpc) is 2.42. The van der Waals surface area contributed by atoms with Crippen LogP contribution < -0.4 is 5.73 Å². The number of fused-ring (bicyclic) bond motifs is 1. The van der Waals surface area contributed by atoms with Crippen molar-refractivity contribution in [1.82, 2.24) is 4.90 Å². The van der Waals surface area contributed by atoms with E-state index in [1.807, 2.05) is 0 Å². The van der Waals surface area contributed by atoms with Crippen LogP contribution in [0.5, 0.6) is 0 Å². The Kier molecular flexibility index (Phi) is 4.65. The lowest BCUT2D eigenvalue weighted by atomic mass is 9.96. The second-order valence-corrected chi connectivity index (χ2v) is 6.36. The Morgan fingerprint density at radius 2 is 2.25 bits per heavy atom. The molecule has 1 heterocycles. The molecule has 1 aromatic carbocycles. The lowest BCUT2D eigenvalue weighted by Gasteiger charge is -2.31. The number of nitro groups is 1. The number of nitrogens with two attached hydrogens (primary N) is 1. The molecule has 1 atom stereocenters. The fourth-order valence-corrected chi connectivity index (χ4v) is 3.23. The van der Waals surface area contributed by atoms with Gasteiger partial charge >= 0.3 is 0 Å². The molecule has 0 amide bonds. The Balaban J connectivity index is 2.29. The van der Waals surface area contributed by atoms with Crippen molar-refractivity contribution in [2.45, 2.75) is 33.2 Å². The summed E-state index contributed by atoms with van der Waals surface area (Å²) in [4.78, 5) is 13.0. The quantitative estimate of drug-likeness (QED) is 0.517. The van der Waals surface area contributed by atoms with Gasteiger partial charge < -0.3 is 5.73 Å². The third-order valence-corrected chi connectivity index (χ3v) is 4.75. The number of nitrogen functional groups attached to an aromatic ring is 1. The summed E-state index contributed by atoms with van der Waals surface area (Å²) in [6.07, 6.45) is 1.94. The van der Waals surface area contributed by atoms with Crippen molar-refractivity contribution >= 4 is 27.3 Å². The molecular formula is C14H20BrN3O2. The molecule has 0 saturated carbocycles. The monoisotopic (exact) mass is 341 g/mol. The molecule has 1 aliphatic rings. The largest absolute Gasteiger partial charge is 0.393 e. The van der Waals surface area contributed by atoms with Crippen LogP contribution in [0.1, 0.15) is 31.4 Å². The predicted octanol–water partition coefficient (Wildman–Crippen LogP) is 3.34. The molecule has 5 nitrogen and oxygen atoms in total. The van der Waals surface area contributed by atoms with E-state index in [1.165, 1.54) is 6.07 Å². The Labute approximate surface area is 127 Å². The van der Waals surface area contributed by atoms with Crippen LogP contribution in [0.15, 0.2) is 10.5 Å². The van der Waals surface area contributed by atoms with Gasteiger partial charge in [0.1, 0.15) is 5.69 Å². The Morgan fingerprint density at radius 1 is 1.55 bits per heavy atom. The zero-order valence-corrected chi connectivity index (χ0v) is 13.4. The summed E-state index contributed by atoms with van der Waals surface area (Å²) in [5.41, 5.74) is 8.34. The van der Waals surface area contributed by atoms with E-state index < -0.39 is 4.92 Å². The molecule has 0 radical (unpaired) electrons. The van der Waals surface area contributed by atoms with Gasteiger partial charge in [-0.2, -0.15) is 0 Å². The van der Waals surface area contributed by atoms with E-state index in [0.29, 0.717) is 11.6 Å². The van der Waals surface area contributed by atoms with E-state index in [4.69, 9.17) is 5.73 Å². The zero-order valence-electron chi connectivity index (χ0n) is 11.9. The van der Waals surface area contributed by atoms with Gasteiger partial charge in [-0.1, -0.05) is 36.2 Å². The smallest absolute Gasteiger partial charge is 0.293 e. The zero-order chi connectivity index (χ0) is 14.9. The summed E-state index contributed by atoms with van der Waals surface area (Å²) >= 11 is 3.46. The van der Waals surface area contributed by atoms with E-state index in [1.54, 1.807) is 0 Å². The van der Waals surface area contributed by atoms with Crippen LogP contribution in [-0.2, 0) is 13.0 Å². The molecule has 0 spiro atoms. The third-order valence-electron chi connectivity index (χ3n) is 4.04. The lowest BCUT2D eigenvalue weighted by molar-refractivity contribution is -0.384. The second-order valence-electron chi connectivity index (χ2n) is 5.50. The van der Waals surface area contributed by atoms with Crippen molar-refractivity contribution in [3.05, 3.63) is 31.8 Å². The van der Waals surface area contributed by atoms with Crippen LogP contribution in [0.4, 0.5) is 11.4 Å². The normalized spacial score (nSPS) is 16.8. The first-order valence-corrected chi connectivity index (χ1v) is 7.69. The molecule has 0 bridgehead atoms. The molecule has 2 N–H and O–H groups in total. The molecule has 6 heteroatoms. The average molecular weight is 342 g/mol. The SMILES string of the molecule is CCC(C)CN1CCc2c(N)c([N+](=O)[O-])cc(Br)c2C1. The maximum atomic E-state index is 11.0. The van der Waals surface area contributed by atoms with Gasteiger partial charge in [0.05, 0.1) is 4.92 Å². The summed E-state index contributed by atoms with van der Waals surface area (Å²) in [6, 6.07) is 1.53. The number of benzene rings is 1. The fourth-order valence-electron chi connectivity index (χ4n) is 2.65. The van der Waals surface area contributed by atoms with Crippen LogP contribution in [-0.4, -0.2) is 22.9 Å². The fraction of sp³-hybridized carbons (Fsp3) is 0.571. The van der Waals surface area contributed by atoms with Crippen molar-refractivity contribution in [2.75, 3.05) is 18.8 Å². The minimum atomic E-state index is -0.411. The summed E-state index contributed by atoms with van der Waals surface area (Å²) in [7, 11) is 0. The van der Waals surface area contributed by atoms with Crippen LogP contribution in [0.25, 0.3) is 0 Å². The molecule has 0 saturated heterocycles. The summed E-state index contributed by atoms with van der Waals surface area (Å²) in [6.45, 7) is 7.21. The number of nitro benzene ring substituents is 1. The van der Waals surface area contributed by atoms with Gasteiger partial charge in [0.25, 0.3) is 5.69 Å². The molecule has 0 fully saturated rings. The number of halogens is 1. The van der Waals surface area contributed by atoms with Gasteiger partial charge in [0, 0.05) is 30.2 Å². The summed E-state index contributed by atoms with van der Waals surface area (Å²) in [5.74, 6) is 0.658. The standard InChI is InChI=1S/C14H20BrN3O2/c1-3-9(2)7-17-5-4-10-11(8-17)12(15)6-13(14(10)16)18(19)20/h6,9H,3-5,7-8,16H2,1-2H3. The molecule has 110 valence electrons. The molecule has 20 heavy (non-hydrogen) atoms. The topological polar surface area (TPSA) is 72.4 Å². The van der Waals surface area contributed by atoms with Crippen molar-refractivity contribution in [3.63, 3.8) is 0 Å². The number of anilines is 1. The minimum Gasteiger partial charge on any atom is -0.393 e. The van der Waals surface area contributed by atoms with Gasteiger partial charge in [0.2, 0.25) is 0 Å². The number of nitrogens with zero attached hydrogens (tertiary/aromatic N) is 2. The molecule has 1 aliphatic heterocycles. The van der Waals surface area contributed by atoms with Crippen molar-refractivity contribution < 1.29 is 4.92 Å². The van der Waals surface area contributed by atoms with Crippen molar-refractivity contribution in [3.8, 4) is 0 Å². The van der Waals surface area contributed by atoms with Crippen LogP contribution in [0, 0.1) is 16.0 Å². The predicted molar refractivity (Wildman–Crippen MR) is 83.6 cm³/mol. The van der Waals surface area contributed by atoms with Gasteiger partial charge in [-0.05, 0) is 23.5 Å². The first kappa shape index (κ1) is 15.3. The summed E-state index contributed by atoms with van der Waals surface area (Å²) < 4.78 is 0.794. The number of hydrogen-bond acceptors (Lipinski definition) is 4. The van der Waals surface area contributed by atoms with Crippen LogP contribution in [0.3, 0.4) is 0 Å². The highest BCUT2D eigenvalue weighted by Gasteiger charge is 2.26. The van der Waals surface area contributed by atoms with E-state index in [9.17, 15) is 10.1 Å². The van der Waals surface area contributed by atoms with Crippen molar-refractivity contribution in [2.24, 2.45) is 5.92 Å². The van der Waals surface area contributed by atoms with Gasteiger partial charge in [-0.3, -0.25) is 15.0 Å². The van der Waals surface area contributed by atoms with E-state index >= 15 is 0 Å². The molecule has 0 aliphatic carbocycles. The second kappa shape index (κ2) is 6.10. The Morgan fingerprint density at radius 3 is 2.85 bits per heavy atom. The van der Waals surface area contributed by atoms with Crippen LogP contribution >= 0.6 is 15.9 Å². The van der Waals surface area contributed by atoms with Gasteiger partial charge in [-0.25, -0.2) is 0 Å². The van der Waals surface area contributed by atoms with E-state index in [0.717, 1.165) is 48.1 Å². The highest BCUT2D eigenvalue weighted by Crippen LogP contribution is 2.37. The number of hydrogen-bond donors (Lipinski definition) is 1. The molecular weight excluding hydrogens is 322 g/mol. The highest BCUT2D eigenvalue weighted by atomic mass is 79.9. The van der Waals surface area contributed by atoms with Crippen LogP contribution in [0.2, 0.25) is 0 Å². The van der Waals surface area contributed by atoms with E-state index in [2.05, 4.69) is 34.7 Å². The summed E-state index contributed by atoms with van der Waals surface area (Å²) in [5, 5.41) is 11.0. The van der Waals surface area contributed by atoms with Crippen molar-refractivity contribution in [1.29, 1.82) is 0 Å². The maximum absolute atomic E-state index is 11.0. The van der Waals surface area contributed by atoms with Gasteiger partial charge in [0.15, 0.2) is 0 Å². The van der Waals surface area contributed by atoms with Gasteiger partial charge in [-0.15, -0.1) is 0 Å². The third kappa shape index (κ3) is 2.96. The minimum absolute atomic E-state index is 0.00556. The van der Waals surface area contributed by atoms with E-state index in [-0.39, 0.29) is 5.69 Å².